The van der Waals surface area contributed by atoms with Crippen molar-refractivity contribution >= 4 is 16.9 Å². The average Bonchev–Trinajstić information content (AvgIpc) is 3.30. The van der Waals surface area contributed by atoms with Crippen molar-refractivity contribution in [3.63, 3.8) is 0 Å². The number of amides is 1. The van der Waals surface area contributed by atoms with Crippen molar-refractivity contribution in [2.24, 2.45) is 0 Å². The van der Waals surface area contributed by atoms with Gasteiger partial charge in [-0.1, -0.05) is 37.3 Å². The van der Waals surface area contributed by atoms with Gasteiger partial charge in [-0.25, -0.2) is 4.98 Å². The first-order chi connectivity index (χ1) is 12.7. The number of nitrogens with zero attached hydrogens (tertiary/aromatic N) is 1. The van der Waals surface area contributed by atoms with Crippen molar-refractivity contribution in [1.29, 1.82) is 0 Å². The topological polar surface area (TPSA) is 67.0 Å². The molecule has 0 radical (unpaired) electrons. The molecule has 5 nitrogen and oxygen atoms in total. The van der Waals surface area contributed by atoms with Crippen LogP contribution in [0.3, 0.4) is 0 Å². The molecule has 0 bridgehead atoms. The molecule has 1 aromatic carbocycles. The maximum atomic E-state index is 12.0. The van der Waals surface area contributed by atoms with Crippen molar-refractivity contribution in [3.05, 3.63) is 48.2 Å². The second kappa shape index (κ2) is 6.83. The highest BCUT2D eigenvalue weighted by atomic mass is 16.5. The van der Waals surface area contributed by atoms with Gasteiger partial charge in [-0.05, 0) is 30.0 Å². The summed E-state index contributed by atoms with van der Waals surface area (Å²) < 4.78 is 5.37. The van der Waals surface area contributed by atoms with Crippen LogP contribution in [0, 0.1) is 0 Å². The molecule has 2 atom stereocenters. The molecular formula is C21H23N3O2. The molecule has 0 saturated heterocycles. The molecule has 1 saturated carbocycles. The van der Waals surface area contributed by atoms with Crippen LogP contribution in [0.5, 0.6) is 5.75 Å². The van der Waals surface area contributed by atoms with Crippen LogP contribution < -0.4 is 10.1 Å². The van der Waals surface area contributed by atoms with Crippen LogP contribution >= 0.6 is 0 Å². The van der Waals surface area contributed by atoms with Gasteiger partial charge in [0.1, 0.15) is 11.4 Å². The summed E-state index contributed by atoms with van der Waals surface area (Å²) in [6, 6.07) is 12.5. The van der Waals surface area contributed by atoms with E-state index < -0.39 is 0 Å². The average molecular weight is 349 g/mol. The molecule has 26 heavy (non-hydrogen) atoms. The molecule has 2 N–H and O–H groups in total. The van der Waals surface area contributed by atoms with E-state index in [4.69, 9.17) is 4.74 Å². The first-order valence-corrected chi connectivity index (χ1v) is 9.11. The van der Waals surface area contributed by atoms with E-state index in [1.54, 1.807) is 13.3 Å². The minimum Gasteiger partial charge on any atom is -0.495 e. The van der Waals surface area contributed by atoms with Gasteiger partial charge in [-0.2, -0.15) is 0 Å². The number of benzene rings is 1. The van der Waals surface area contributed by atoms with E-state index in [9.17, 15) is 4.79 Å². The first kappa shape index (κ1) is 16.6. The van der Waals surface area contributed by atoms with Crippen LogP contribution in [-0.2, 0) is 4.79 Å². The fourth-order valence-corrected chi connectivity index (χ4v) is 3.58. The molecule has 2 heterocycles. The largest absolute Gasteiger partial charge is 0.495 e. The number of carbonyl (C=O) groups excluding carboxylic acids is 1. The fraction of sp³-hybridized carbons (Fsp3) is 0.333. The summed E-state index contributed by atoms with van der Waals surface area (Å²) in [5, 5.41) is 4.23. The van der Waals surface area contributed by atoms with E-state index in [2.05, 4.69) is 27.4 Å². The van der Waals surface area contributed by atoms with Crippen LogP contribution in [0.4, 0.5) is 0 Å². The Hall–Kier alpha value is -2.82. The van der Waals surface area contributed by atoms with E-state index in [0.29, 0.717) is 12.3 Å². The number of aromatic nitrogens is 2. The number of methoxy groups -OCH3 is 1. The van der Waals surface area contributed by atoms with Crippen molar-refractivity contribution in [2.45, 2.75) is 38.1 Å². The van der Waals surface area contributed by atoms with Gasteiger partial charge in [-0.3, -0.25) is 4.79 Å². The number of hydrogen-bond acceptors (Lipinski definition) is 3. The second-order valence-electron chi connectivity index (χ2n) is 6.82. The Morgan fingerprint density at radius 3 is 2.88 bits per heavy atom. The molecule has 1 fully saturated rings. The number of rotatable bonds is 6. The summed E-state index contributed by atoms with van der Waals surface area (Å²) in [6.45, 7) is 2.02. The fourth-order valence-electron chi connectivity index (χ4n) is 3.58. The zero-order chi connectivity index (χ0) is 18.1. The summed E-state index contributed by atoms with van der Waals surface area (Å²) in [5.41, 5.74) is 4.29. The number of pyridine rings is 1. The number of hydrogen-bond donors (Lipinski definition) is 2. The molecular weight excluding hydrogens is 326 g/mol. The van der Waals surface area contributed by atoms with Crippen LogP contribution in [0.2, 0.25) is 0 Å². The lowest BCUT2D eigenvalue weighted by atomic mass is 10.0. The first-order valence-electron chi connectivity index (χ1n) is 9.11. The van der Waals surface area contributed by atoms with Gasteiger partial charge < -0.3 is 15.0 Å². The maximum Gasteiger partial charge on any atom is 0.220 e. The quantitative estimate of drug-likeness (QED) is 0.706. The molecule has 1 aliphatic rings. The Labute approximate surface area is 152 Å². The summed E-state index contributed by atoms with van der Waals surface area (Å²) in [5.74, 6) is 1.18. The second-order valence-corrected chi connectivity index (χ2v) is 6.82. The third kappa shape index (κ3) is 3.05. The van der Waals surface area contributed by atoms with Crippen molar-refractivity contribution in [1.82, 2.24) is 15.3 Å². The zero-order valence-electron chi connectivity index (χ0n) is 15.1. The number of fused-ring (bicyclic) bond motifs is 1. The van der Waals surface area contributed by atoms with Crippen LogP contribution in [0.15, 0.2) is 42.6 Å². The normalized spacial score (nSPS) is 18.7. The number of ether oxygens (including phenoxy) is 1. The highest BCUT2D eigenvalue weighted by molar-refractivity contribution is 5.91. The molecule has 0 aliphatic heterocycles. The van der Waals surface area contributed by atoms with Crippen LogP contribution in [0.25, 0.3) is 22.3 Å². The van der Waals surface area contributed by atoms with E-state index in [1.165, 1.54) is 5.56 Å². The van der Waals surface area contributed by atoms with Crippen LogP contribution in [0.1, 0.15) is 37.7 Å². The molecule has 134 valence electrons. The van der Waals surface area contributed by atoms with E-state index in [0.717, 1.165) is 40.9 Å². The molecule has 2 unspecified atom stereocenters. The Kier molecular flexibility index (Phi) is 4.37. The van der Waals surface area contributed by atoms with Gasteiger partial charge >= 0.3 is 0 Å². The Bertz CT molecular complexity index is 933. The third-order valence-corrected chi connectivity index (χ3v) is 4.95. The molecule has 5 heteroatoms. The molecule has 3 aromatic rings. The van der Waals surface area contributed by atoms with E-state index >= 15 is 0 Å². The summed E-state index contributed by atoms with van der Waals surface area (Å²) >= 11 is 0. The van der Waals surface area contributed by atoms with Crippen LogP contribution in [-0.4, -0.2) is 29.0 Å². The number of aromatic amines is 1. The lowest BCUT2D eigenvalue weighted by Crippen LogP contribution is -2.26. The number of carbonyl (C=O) groups is 1. The minimum absolute atomic E-state index is 0.136. The third-order valence-electron chi connectivity index (χ3n) is 4.95. The lowest BCUT2D eigenvalue weighted by molar-refractivity contribution is -0.121. The van der Waals surface area contributed by atoms with Gasteiger partial charge in [0.25, 0.3) is 0 Å². The monoisotopic (exact) mass is 349 g/mol. The molecule has 1 amide bonds. The van der Waals surface area contributed by atoms with E-state index in [-0.39, 0.29) is 11.9 Å². The minimum atomic E-state index is 0.136. The van der Waals surface area contributed by atoms with Crippen molar-refractivity contribution < 1.29 is 9.53 Å². The number of nitrogens with one attached hydrogen (secondary N) is 2. The maximum absolute atomic E-state index is 12.0. The van der Waals surface area contributed by atoms with Gasteiger partial charge in [0, 0.05) is 23.8 Å². The van der Waals surface area contributed by atoms with Gasteiger partial charge in [0.15, 0.2) is 0 Å². The SMILES string of the molecule is CCCC(=O)NC1CC1c1c(-c2ccccc2)[nH]c2ncc(OC)cc12. The highest BCUT2D eigenvalue weighted by Gasteiger charge is 2.42. The van der Waals surface area contributed by atoms with Crippen molar-refractivity contribution in [2.75, 3.05) is 7.11 Å². The van der Waals surface area contributed by atoms with Crippen molar-refractivity contribution in [3.8, 4) is 17.0 Å². The molecule has 2 aromatic heterocycles. The molecule has 0 spiro atoms. The Balaban J connectivity index is 1.75. The highest BCUT2D eigenvalue weighted by Crippen LogP contribution is 2.48. The van der Waals surface area contributed by atoms with Gasteiger partial charge in [0.05, 0.1) is 19.0 Å². The smallest absolute Gasteiger partial charge is 0.220 e. The molecule has 4 rings (SSSR count). The zero-order valence-corrected chi connectivity index (χ0v) is 15.1. The number of H-pyrrole nitrogens is 1. The lowest BCUT2D eigenvalue weighted by Gasteiger charge is -2.07. The summed E-state index contributed by atoms with van der Waals surface area (Å²) in [7, 11) is 1.65. The predicted octanol–water partition coefficient (Wildman–Crippen LogP) is 4.01. The Morgan fingerprint density at radius 1 is 1.35 bits per heavy atom. The van der Waals surface area contributed by atoms with E-state index in [1.807, 2.05) is 31.2 Å². The van der Waals surface area contributed by atoms with Gasteiger partial charge in [-0.15, -0.1) is 0 Å². The Morgan fingerprint density at radius 2 is 2.15 bits per heavy atom. The predicted molar refractivity (Wildman–Crippen MR) is 102 cm³/mol. The van der Waals surface area contributed by atoms with Gasteiger partial charge in [0.2, 0.25) is 5.91 Å². The molecule has 1 aliphatic carbocycles. The standard InChI is InChI=1S/C21H23N3O2/c1-3-7-18(25)23-17-11-15(17)19-16-10-14(26-2)12-22-21(16)24-20(19)13-8-5-4-6-9-13/h4-6,8-10,12,15,17H,3,7,11H2,1-2H3,(H,22,24)(H,23,25). The summed E-state index contributed by atoms with van der Waals surface area (Å²) in [6.07, 6.45) is 4.13. The summed E-state index contributed by atoms with van der Waals surface area (Å²) in [4.78, 5) is 20.0.